The molecular weight excluding hydrogens is 414 g/mol. The van der Waals surface area contributed by atoms with E-state index in [1.54, 1.807) is 6.92 Å². The maximum Gasteiger partial charge on any atom is 0.341 e. The van der Waals surface area contributed by atoms with Crippen molar-refractivity contribution in [3.05, 3.63) is 35.2 Å². The molecule has 2 N–H and O–H groups in total. The van der Waals surface area contributed by atoms with E-state index in [0.29, 0.717) is 12.8 Å². The van der Waals surface area contributed by atoms with Crippen molar-refractivity contribution in [1.29, 1.82) is 0 Å². The van der Waals surface area contributed by atoms with Crippen LogP contribution in [0.4, 0.5) is 5.69 Å². The Morgan fingerprint density at radius 2 is 2.07 bits per heavy atom. The molecule has 1 fully saturated rings. The molecule has 1 aromatic carbocycles. The van der Waals surface area contributed by atoms with Gasteiger partial charge in [-0.2, -0.15) is 4.31 Å². The summed E-state index contributed by atoms with van der Waals surface area (Å²) in [6.07, 6.45) is 0.978. The van der Waals surface area contributed by atoms with E-state index >= 15 is 0 Å². The highest BCUT2D eigenvalue weighted by molar-refractivity contribution is 7.89. The zero-order chi connectivity index (χ0) is 22.1. The van der Waals surface area contributed by atoms with Crippen LogP contribution in [0.3, 0.4) is 0 Å². The zero-order valence-corrected chi connectivity index (χ0v) is 17.7. The van der Waals surface area contributed by atoms with Crippen molar-refractivity contribution in [2.45, 2.75) is 31.6 Å². The number of sulfonamides is 1. The molecule has 0 saturated carbocycles. The van der Waals surface area contributed by atoms with Crippen LogP contribution in [0.2, 0.25) is 0 Å². The van der Waals surface area contributed by atoms with Crippen LogP contribution in [-0.4, -0.2) is 55.1 Å². The van der Waals surface area contributed by atoms with Gasteiger partial charge in [-0.15, -0.1) is 0 Å². The molecule has 2 heterocycles. The number of para-hydroxylation sites is 1. The molecule has 3 rings (SSSR count). The summed E-state index contributed by atoms with van der Waals surface area (Å²) in [6, 6.07) is 4.31. The third kappa shape index (κ3) is 4.03. The highest BCUT2D eigenvalue weighted by Gasteiger charge is 2.36. The van der Waals surface area contributed by atoms with Gasteiger partial charge in [0.15, 0.2) is 11.5 Å². The predicted octanol–water partition coefficient (Wildman–Crippen LogP) is 1.82. The Bertz CT molecular complexity index is 1060. The first kappa shape index (κ1) is 21.8. The van der Waals surface area contributed by atoms with Crippen molar-refractivity contribution in [2.24, 2.45) is 5.92 Å². The number of nitrogens with zero attached hydrogens (tertiary/aromatic N) is 2. The van der Waals surface area contributed by atoms with Crippen LogP contribution >= 0.6 is 0 Å². The number of phenols is 1. The fourth-order valence-corrected chi connectivity index (χ4v) is 5.32. The van der Waals surface area contributed by atoms with Crippen LogP contribution in [0, 0.1) is 19.8 Å². The maximum atomic E-state index is 13.0. The Balaban J connectivity index is 1.78. The van der Waals surface area contributed by atoms with Gasteiger partial charge >= 0.3 is 5.97 Å². The quantitative estimate of drug-likeness (QED) is 0.533. The summed E-state index contributed by atoms with van der Waals surface area (Å²) in [5.74, 6) is -2.03. The molecule has 1 aromatic heterocycles. The number of methoxy groups -OCH3 is 1. The van der Waals surface area contributed by atoms with Gasteiger partial charge in [0.05, 0.1) is 18.7 Å². The van der Waals surface area contributed by atoms with Gasteiger partial charge < -0.3 is 19.7 Å². The average Bonchev–Trinajstić information content (AvgIpc) is 3.07. The number of esters is 1. The smallest absolute Gasteiger partial charge is 0.341 e. The van der Waals surface area contributed by atoms with Crippen LogP contribution in [0.5, 0.6) is 5.75 Å². The highest BCUT2D eigenvalue weighted by Crippen LogP contribution is 2.31. The molecule has 10 nitrogen and oxygen atoms in total. The van der Waals surface area contributed by atoms with Gasteiger partial charge in [-0.3, -0.25) is 4.79 Å². The van der Waals surface area contributed by atoms with Gasteiger partial charge in [-0.1, -0.05) is 11.2 Å². The van der Waals surface area contributed by atoms with Crippen molar-refractivity contribution < 1.29 is 32.4 Å². The first-order chi connectivity index (χ1) is 14.2. The van der Waals surface area contributed by atoms with E-state index in [-0.39, 0.29) is 40.7 Å². The Kier molecular flexibility index (Phi) is 6.13. The largest absolute Gasteiger partial charge is 0.505 e. The first-order valence-electron chi connectivity index (χ1n) is 9.31. The topological polar surface area (TPSA) is 139 Å². The summed E-state index contributed by atoms with van der Waals surface area (Å²) in [7, 11) is -2.68. The lowest BCUT2D eigenvalue weighted by Crippen LogP contribution is -2.43. The number of benzene rings is 1. The van der Waals surface area contributed by atoms with E-state index in [1.165, 1.54) is 36.5 Å². The number of carbonyl (C=O) groups is 2. The predicted molar refractivity (Wildman–Crippen MR) is 106 cm³/mol. The Labute approximate surface area is 173 Å². The number of rotatable bonds is 5. The van der Waals surface area contributed by atoms with Crippen molar-refractivity contribution in [2.75, 3.05) is 25.5 Å². The molecular formula is C19H23N3O7S. The number of anilines is 1. The van der Waals surface area contributed by atoms with Gasteiger partial charge in [0.25, 0.3) is 0 Å². The third-order valence-corrected chi connectivity index (χ3v) is 7.13. The molecule has 0 radical (unpaired) electrons. The second-order valence-corrected chi connectivity index (χ2v) is 8.91. The SMILES string of the molecule is COC(=O)c1cccc(NC(=O)C2CCCN(S(=O)(=O)c3c(C)noc3C)C2)c1O. The number of phenolic OH excluding ortho intramolecular Hbond substituents is 1. The summed E-state index contributed by atoms with van der Waals surface area (Å²) in [6.45, 7) is 3.33. The number of amides is 1. The molecule has 162 valence electrons. The minimum Gasteiger partial charge on any atom is -0.505 e. The Hall–Kier alpha value is -2.92. The standard InChI is InChI=1S/C19H23N3O7S/c1-11-17(12(2)29-21-11)30(26,27)22-9-5-6-13(10-22)18(24)20-15-8-4-7-14(16(15)23)19(25)28-3/h4,7-8,13,23H,5-6,9-10H2,1-3H3,(H,20,24). The van der Waals surface area contributed by atoms with Crippen molar-refractivity contribution in [3.8, 4) is 5.75 Å². The van der Waals surface area contributed by atoms with Crippen LogP contribution in [0.15, 0.2) is 27.6 Å². The van der Waals surface area contributed by atoms with Gasteiger partial charge in [0.2, 0.25) is 15.9 Å². The normalized spacial score (nSPS) is 17.5. The van der Waals surface area contributed by atoms with Gasteiger partial charge in [-0.05, 0) is 38.8 Å². The van der Waals surface area contributed by atoms with E-state index in [2.05, 4.69) is 15.2 Å². The number of piperidine rings is 1. The number of nitrogens with one attached hydrogen (secondary N) is 1. The first-order valence-corrected chi connectivity index (χ1v) is 10.7. The molecule has 1 saturated heterocycles. The third-order valence-electron chi connectivity index (χ3n) is 5.02. The number of ether oxygens (including phenoxy) is 1. The molecule has 30 heavy (non-hydrogen) atoms. The highest BCUT2D eigenvalue weighted by atomic mass is 32.2. The Morgan fingerprint density at radius 1 is 1.33 bits per heavy atom. The van der Waals surface area contributed by atoms with Crippen molar-refractivity contribution in [1.82, 2.24) is 9.46 Å². The molecule has 2 aromatic rings. The minimum atomic E-state index is -3.86. The lowest BCUT2D eigenvalue weighted by molar-refractivity contribution is -0.120. The maximum absolute atomic E-state index is 13.0. The van der Waals surface area contributed by atoms with Crippen molar-refractivity contribution in [3.63, 3.8) is 0 Å². The summed E-state index contributed by atoms with van der Waals surface area (Å²) >= 11 is 0. The molecule has 1 aliphatic heterocycles. The van der Waals surface area contributed by atoms with Crippen LogP contribution in [0.1, 0.15) is 34.7 Å². The fraction of sp³-hybridized carbons (Fsp3) is 0.421. The van der Waals surface area contributed by atoms with Gasteiger partial charge in [-0.25, -0.2) is 13.2 Å². The summed E-state index contributed by atoms with van der Waals surface area (Å²) in [4.78, 5) is 24.5. The number of hydrogen-bond acceptors (Lipinski definition) is 8. The second-order valence-electron chi connectivity index (χ2n) is 7.04. The van der Waals surface area contributed by atoms with Gasteiger partial charge in [0, 0.05) is 13.1 Å². The lowest BCUT2D eigenvalue weighted by atomic mass is 9.98. The zero-order valence-electron chi connectivity index (χ0n) is 16.8. The molecule has 0 bridgehead atoms. The number of aryl methyl sites for hydroxylation is 2. The number of hydrogen-bond donors (Lipinski definition) is 2. The molecule has 1 unspecified atom stereocenters. The van der Waals surface area contributed by atoms with E-state index in [0.717, 1.165) is 0 Å². The number of aromatic hydroxyl groups is 1. The van der Waals surface area contributed by atoms with Crippen molar-refractivity contribution >= 4 is 27.6 Å². The fourth-order valence-electron chi connectivity index (χ4n) is 3.50. The Morgan fingerprint density at radius 3 is 2.70 bits per heavy atom. The van der Waals surface area contributed by atoms with E-state index in [4.69, 9.17) is 4.52 Å². The monoisotopic (exact) mass is 437 g/mol. The molecule has 1 amide bonds. The molecule has 0 aliphatic carbocycles. The van der Waals surface area contributed by atoms with Gasteiger partial charge in [0.1, 0.15) is 16.2 Å². The van der Waals surface area contributed by atoms with Crippen LogP contribution < -0.4 is 5.32 Å². The summed E-state index contributed by atoms with van der Waals surface area (Å²) in [5, 5.41) is 16.5. The van der Waals surface area contributed by atoms with E-state index < -0.39 is 33.6 Å². The number of carbonyl (C=O) groups excluding carboxylic acids is 2. The number of aromatic nitrogens is 1. The van der Waals surface area contributed by atoms with Crippen LogP contribution in [0.25, 0.3) is 0 Å². The molecule has 1 aliphatic rings. The average molecular weight is 437 g/mol. The lowest BCUT2D eigenvalue weighted by Gasteiger charge is -2.31. The summed E-state index contributed by atoms with van der Waals surface area (Å²) < 4.78 is 36.9. The van der Waals surface area contributed by atoms with Crippen LogP contribution in [-0.2, 0) is 19.6 Å². The minimum absolute atomic E-state index is 0.0182. The van der Waals surface area contributed by atoms with E-state index in [9.17, 15) is 23.1 Å². The second kappa shape index (κ2) is 8.44. The molecule has 1 atom stereocenters. The molecule has 0 spiro atoms. The van der Waals surface area contributed by atoms with E-state index in [1.807, 2.05) is 0 Å². The summed E-state index contributed by atoms with van der Waals surface area (Å²) in [5.41, 5.74) is 0.235. The molecule has 11 heteroatoms.